The first-order valence-corrected chi connectivity index (χ1v) is 10.5. The number of carbonyl (C=O) groups excluding carboxylic acids is 1. The number of thioether (sulfide) groups is 1. The van der Waals surface area contributed by atoms with Crippen LogP contribution in [0.1, 0.15) is 37.3 Å². The number of amides is 2. The van der Waals surface area contributed by atoms with Gasteiger partial charge >= 0.3 is 6.03 Å². The fourth-order valence-electron chi connectivity index (χ4n) is 3.20. The number of nitrogens with one attached hydrogen (secondary N) is 1. The Bertz CT molecular complexity index is 774. The molecule has 2 aromatic rings. The monoisotopic (exact) mass is 384 g/mol. The number of hydrogen-bond acceptors (Lipinski definition) is 3. The van der Waals surface area contributed by atoms with Gasteiger partial charge in [-0.2, -0.15) is 0 Å². The van der Waals surface area contributed by atoms with E-state index in [1.165, 1.54) is 11.1 Å². The molecule has 0 saturated carbocycles. The average Bonchev–Trinajstić information content (AvgIpc) is 2.83. The first-order chi connectivity index (χ1) is 12.9. The van der Waals surface area contributed by atoms with Crippen molar-refractivity contribution in [3.8, 4) is 0 Å². The molecule has 0 aromatic heterocycles. The second-order valence-corrected chi connectivity index (χ2v) is 8.56. The molecule has 4 nitrogen and oxygen atoms in total. The second-order valence-electron chi connectivity index (χ2n) is 7.54. The van der Waals surface area contributed by atoms with E-state index < -0.39 is 5.60 Å². The molecule has 1 heterocycles. The molecule has 1 saturated heterocycles. The molecule has 0 aliphatic carbocycles. The zero-order valence-electron chi connectivity index (χ0n) is 16.1. The summed E-state index contributed by atoms with van der Waals surface area (Å²) in [4.78, 5) is 15.6. The van der Waals surface area contributed by atoms with E-state index in [1.54, 1.807) is 11.8 Å². The van der Waals surface area contributed by atoms with Crippen molar-refractivity contribution in [1.82, 2.24) is 4.90 Å². The Kier molecular flexibility index (Phi) is 6.45. The van der Waals surface area contributed by atoms with E-state index in [0.29, 0.717) is 19.5 Å². The fourth-order valence-corrected chi connectivity index (χ4v) is 4.17. The van der Waals surface area contributed by atoms with Gasteiger partial charge in [-0.05, 0) is 50.8 Å². The van der Waals surface area contributed by atoms with Crippen molar-refractivity contribution < 1.29 is 9.90 Å². The van der Waals surface area contributed by atoms with Crippen LogP contribution in [-0.2, 0) is 5.75 Å². The van der Waals surface area contributed by atoms with Crippen LogP contribution in [0.3, 0.4) is 0 Å². The smallest absolute Gasteiger partial charge is 0.321 e. The Hall–Kier alpha value is -1.98. The minimum absolute atomic E-state index is 0.0870. The number of carbonyl (C=O) groups is 1. The minimum Gasteiger partial charge on any atom is -0.390 e. The number of nitrogens with zero attached hydrogens (tertiary/aromatic N) is 1. The maximum Gasteiger partial charge on any atom is 0.321 e. The molecular weight excluding hydrogens is 356 g/mol. The molecule has 1 aliphatic rings. The topological polar surface area (TPSA) is 52.6 Å². The highest BCUT2D eigenvalue weighted by atomic mass is 32.2. The lowest BCUT2D eigenvalue weighted by molar-refractivity contribution is 0.0458. The summed E-state index contributed by atoms with van der Waals surface area (Å²) in [6, 6.07) is 16.4. The van der Waals surface area contributed by atoms with E-state index in [-0.39, 0.29) is 6.03 Å². The van der Waals surface area contributed by atoms with E-state index >= 15 is 0 Å². The van der Waals surface area contributed by atoms with Crippen LogP contribution in [0.4, 0.5) is 10.5 Å². The predicted molar refractivity (Wildman–Crippen MR) is 112 cm³/mol. The molecular formula is C22H28N2O2S. The normalized spacial score (nSPS) is 20.2. The lowest BCUT2D eigenvalue weighted by Crippen LogP contribution is -2.36. The van der Waals surface area contributed by atoms with E-state index in [1.807, 2.05) is 36.1 Å². The number of aliphatic hydroxyl groups is 1. The average molecular weight is 385 g/mol. The summed E-state index contributed by atoms with van der Waals surface area (Å²) < 4.78 is 0. The zero-order chi connectivity index (χ0) is 19.3. The summed E-state index contributed by atoms with van der Waals surface area (Å²) in [5.74, 6) is 0.861. The van der Waals surface area contributed by atoms with E-state index in [0.717, 1.165) is 29.2 Å². The highest BCUT2D eigenvalue weighted by Gasteiger charge is 2.27. The molecule has 0 bridgehead atoms. The van der Waals surface area contributed by atoms with Crippen molar-refractivity contribution in [2.75, 3.05) is 18.4 Å². The first kappa shape index (κ1) is 19.8. The van der Waals surface area contributed by atoms with Crippen LogP contribution >= 0.6 is 11.8 Å². The molecule has 3 rings (SSSR count). The molecule has 5 heteroatoms. The van der Waals surface area contributed by atoms with Crippen LogP contribution < -0.4 is 5.32 Å². The van der Waals surface area contributed by atoms with Gasteiger partial charge in [0.2, 0.25) is 0 Å². The lowest BCUT2D eigenvalue weighted by Gasteiger charge is -2.23. The third-order valence-corrected chi connectivity index (χ3v) is 6.14. The number of urea groups is 1. The van der Waals surface area contributed by atoms with Crippen molar-refractivity contribution in [2.45, 2.75) is 49.4 Å². The summed E-state index contributed by atoms with van der Waals surface area (Å²) in [5.41, 5.74) is 2.70. The molecule has 0 radical (unpaired) electrons. The quantitative estimate of drug-likeness (QED) is 0.725. The van der Waals surface area contributed by atoms with Crippen LogP contribution in [0.5, 0.6) is 0 Å². The van der Waals surface area contributed by atoms with Crippen LogP contribution in [0.25, 0.3) is 0 Å². The summed E-state index contributed by atoms with van der Waals surface area (Å²) in [5, 5.41) is 13.3. The molecule has 1 fully saturated rings. The maximum absolute atomic E-state index is 12.7. The highest BCUT2D eigenvalue weighted by Crippen LogP contribution is 2.30. The van der Waals surface area contributed by atoms with E-state index in [2.05, 4.69) is 36.5 Å². The third-order valence-electron chi connectivity index (χ3n) is 4.99. The number of aryl methyl sites for hydroxylation is 1. The van der Waals surface area contributed by atoms with Gasteiger partial charge in [0.15, 0.2) is 0 Å². The van der Waals surface area contributed by atoms with Gasteiger partial charge in [0, 0.05) is 23.7 Å². The molecule has 2 aromatic carbocycles. The highest BCUT2D eigenvalue weighted by molar-refractivity contribution is 7.98. The molecule has 27 heavy (non-hydrogen) atoms. The van der Waals surface area contributed by atoms with Crippen molar-refractivity contribution in [1.29, 1.82) is 0 Å². The zero-order valence-corrected chi connectivity index (χ0v) is 16.9. The third kappa shape index (κ3) is 5.75. The number of likely N-dealkylation sites (tertiary alicyclic amines) is 1. The lowest BCUT2D eigenvalue weighted by atomic mass is 9.98. The Morgan fingerprint density at radius 1 is 1.15 bits per heavy atom. The minimum atomic E-state index is -0.670. The Morgan fingerprint density at radius 3 is 2.67 bits per heavy atom. The second kappa shape index (κ2) is 8.81. The van der Waals surface area contributed by atoms with Crippen molar-refractivity contribution >= 4 is 23.5 Å². The van der Waals surface area contributed by atoms with Gasteiger partial charge in [-0.15, -0.1) is 11.8 Å². The van der Waals surface area contributed by atoms with Crippen molar-refractivity contribution in [2.24, 2.45) is 0 Å². The Morgan fingerprint density at radius 2 is 1.89 bits per heavy atom. The van der Waals surface area contributed by atoms with Gasteiger partial charge in [0.1, 0.15) is 0 Å². The van der Waals surface area contributed by atoms with E-state index in [9.17, 15) is 9.90 Å². The van der Waals surface area contributed by atoms with Gasteiger partial charge in [-0.1, -0.05) is 42.0 Å². The van der Waals surface area contributed by atoms with Crippen molar-refractivity contribution in [3.63, 3.8) is 0 Å². The van der Waals surface area contributed by atoms with Gasteiger partial charge in [-0.3, -0.25) is 0 Å². The predicted octanol–water partition coefficient (Wildman–Crippen LogP) is 5.06. The molecule has 1 atom stereocenters. The van der Waals surface area contributed by atoms with Crippen LogP contribution in [0, 0.1) is 6.92 Å². The van der Waals surface area contributed by atoms with Gasteiger partial charge in [0.25, 0.3) is 0 Å². The molecule has 1 aliphatic heterocycles. The van der Waals surface area contributed by atoms with Gasteiger partial charge < -0.3 is 15.3 Å². The maximum atomic E-state index is 12.7. The summed E-state index contributed by atoms with van der Waals surface area (Å²) in [6.45, 7) is 5.20. The number of anilines is 1. The Labute approximate surface area is 166 Å². The largest absolute Gasteiger partial charge is 0.390 e. The van der Waals surface area contributed by atoms with E-state index in [4.69, 9.17) is 0 Å². The summed E-state index contributed by atoms with van der Waals surface area (Å²) >= 11 is 1.73. The Balaban J connectivity index is 1.63. The standard InChI is InChI=1S/C22H28N2O2S/c1-17-8-10-18(11-9-17)16-27-20-7-4-3-6-19(20)23-21(25)24-14-5-12-22(2,26)13-15-24/h3-4,6-11,26H,5,12-16H2,1-2H3,(H,23,25)/t22-/m0/s1. The summed E-state index contributed by atoms with van der Waals surface area (Å²) in [6.07, 6.45) is 2.17. The molecule has 144 valence electrons. The SMILES string of the molecule is Cc1ccc(CSc2ccccc2NC(=O)N2CCC[C@](C)(O)CC2)cc1. The number of benzene rings is 2. The fraction of sp³-hybridized carbons (Fsp3) is 0.409. The first-order valence-electron chi connectivity index (χ1n) is 9.49. The molecule has 2 amide bonds. The number of para-hydroxylation sites is 1. The van der Waals surface area contributed by atoms with Crippen LogP contribution in [0.2, 0.25) is 0 Å². The summed E-state index contributed by atoms with van der Waals surface area (Å²) in [7, 11) is 0. The molecule has 2 N–H and O–H groups in total. The molecule has 0 unspecified atom stereocenters. The van der Waals surface area contributed by atoms with Gasteiger partial charge in [-0.25, -0.2) is 4.79 Å². The van der Waals surface area contributed by atoms with Gasteiger partial charge in [0.05, 0.1) is 11.3 Å². The number of rotatable bonds is 4. The number of hydrogen-bond donors (Lipinski definition) is 2. The molecule has 0 spiro atoms. The van der Waals surface area contributed by atoms with Crippen molar-refractivity contribution in [3.05, 3.63) is 59.7 Å². The van der Waals surface area contributed by atoms with Crippen LogP contribution in [-0.4, -0.2) is 34.7 Å². The van der Waals surface area contributed by atoms with Crippen LogP contribution in [0.15, 0.2) is 53.4 Å².